The Balaban J connectivity index is 1.94. The van der Waals surface area contributed by atoms with Crippen LogP contribution in [0, 0.1) is 30.1 Å². The SMILES string of the molecule is Cc1ccc(NC(=O)c2c3c(cn2C)S(=O)(=O)N[C@@H](C#CC(C)(C)O)CO3)cc1C#N. The molecule has 1 atom stereocenters. The molecule has 1 aromatic carbocycles. The third-order valence-corrected chi connectivity index (χ3v) is 5.93. The van der Waals surface area contributed by atoms with Crippen molar-refractivity contribution in [3.8, 4) is 23.7 Å². The van der Waals surface area contributed by atoms with E-state index in [1.165, 1.54) is 37.7 Å². The number of carbonyl (C=O) groups excluding carboxylic acids is 1. The summed E-state index contributed by atoms with van der Waals surface area (Å²) in [6.07, 6.45) is 1.29. The van der Waals surface area contributed by atoms with E-state index < -0.39 is 27.6 Å². The van der Waals surface area contributed by atoms with Crippen molar-refractivity contribution in [1.29, 1.82) is 5.26 Å². The zero-order chi connectivity index (χ0) is 23.0. The monoisotopic (exact) mass is 442 g/mol. The highest BCUT2D eigenvalue weighted by Crippen LogP contribution is 2.32. The van der Waals surface area contributed by atoms with Crippen molar-refractivity contribution >= 4 is 21.6 Å². The number of nitriles is 1. The molecule has 31 heavy (non-hydrogen) atoms. The average molecular weight is 442 g/mol. The molecule has 0 spiro atoms. The molecule has 3 rings (SSSR count). The van der Waals surface area contributed by atoms with Gasteiger partial charge in [0.1, 0.15) is 23.1 Å². The maximum Gasteiger partial charge on any atom is 0.276 e. The Kier molecular flexibility index (Phi) is 5.83. The molecule has 0 bridgehead atoms. The first kappa shape index (κ1) is 22.4. The van der Waals surface area contributed by atoms with Crippen LogP contribution in [-0.2, 0) is 17.1 Å². The lowest BCUT2D eigenvalue weighted by molar-refractivity contribution is 0.101. The molecule has 9 nitrogen and oxygen atoms in total. The summed E-state index contributed by atoms with van der Waals surface area (Å²) in [5.74, 6) is 4.53. The maximum atomic E-state index is 12.9. The summed E-state index contributed by atoms with van der Waals surface area (Å²) >= 11 is 0. The first-order valence-corrected chi connectivity index (χ1v) is 10.8. The fourth-order valence-electron chi connectivity index (χ4n) is 2.97. The van der Waals surface area contributed by atoms with Gasteiger partial charge in [0.05, 0.1) is 11.6 Å². The molecule has 10 heteroatoms. The van der Waals surface area contributed by atoms with Crippen molar-refractivity contribution in [2.24, 2.45) is 7.05 Å². The number of carbonyl (C=O) groups is 1. The topological polar surface area (TPSA) is 133 Å². The number of aryl methyl sites for hydroxylation is 2. The summed E-state index contributed by atoms with van der Waals surface area (Å²) in [6.45, 7) is 4.59. The Morgan fingerprint density at radius 3 is 2.77 bits per heavy atom. The lowest BCUT2D eigenvalue weighted by Crippen LogP contribution is -2.36. The van der Waals surface area contributed by atoms with Crippen LogP contribution in [-0.4, -0.2) is 42.2 Å². The molecule has 0 fully saturated rings. The Morgan fingerprint density at radius 2 is 2.13 bits per heavy atom. The Labute approximate surface area is 180 Å². The summed E-state index contributed by atoms with van der Waals surface area (Å²) in [7, 11) is -2.49. The van der Waals surface area contributed by atoms with Crippen LogP contribution in [0.4, 0.5) is 5.69 Å². The van der Waals surface area contributed by atoms with Gasteiger partial charge in [0.2, 0.25) is 10.0 Å². The predicted octanol–water partition coefficient (Wildman–Crippen LogP) is 1.27. The van der Waals surface area contributed by atoms with Gasteiger partial charge in [0.25, 0.3) is 5.91 Å². The molecular formula is C21H22N4O5S. The molecule has 0 radical (unpaired) electrons. The third-order valence-electron chi connectivity index (χ3n) is 4.47. The standard InChI is InChI=1S/C21H22N4O5S/c1-13-5-6-15(9-14(13)10-22)23-20(26)18-19-17(11-25(18)4)31(28,29)24-16(12-30-19)7-8-21(2,3)27/h5-6,9,11,16,24,27H,12H2,1-4H3,(H,23,26)/t16-/m0/s1. The minimum Gasteiger partial charge on any atom is -0.487 e. The molecule has 1 amide bonds. The fourth-order valence-corrected chi connectivity index (χ4v) is 4.29. The smallest absolute Gasteiger partial charge is 0.276 e. The largest absolute Gasteiger partial charge is 0.487 e. The van der Waals surface area contributed by atoms with Crippen molar-refractivity contribution in [2.75, 3.05) is 11.9 Å². The van der Waals surface area contributed by atoms with Crippen molar-refractivity contribution in [3.63, 3.8) is 0 Å². The molecule has 0 saturated heterocycles. The van der Waals surface area contributed by atoms with Gasteiger partial charge in [-0.1, -0.05) is 17.9 Å². The number of ether oxygens (including phenoxy) is 1. The second-order valence-corrected chi connectivity index (χ2v) is 9.37. The number of sulfonamides is 1. The molecule has 3 N–H and O–H groups in total. The molecule has 1 aliphatic heterocycles. The molecule has 0 unspecified atom stereocenters. The van der Waals surface area contributed by atoms with E-state index in [1.54, 1.807) is 19.1 Å². The van der Waals surface area contributed by atoms with Gasteiger partial charge < -0.3 is 19.7 Å². The predicted molar refractivity (Wildman–Crippen MR) is 113 cm³/mol. The fraction of sp³-hybridized carbons (Fsp3) is 0.333. The van der Waals surface area contributed by atoms with E-state index in [0.29, 0.717) is 11.3 Å². The zero-order valence-electron chi connectivity index (χ0n) is 17.5. The Hall–Kier alpha value is -3.31. The normalized spacial score (nSPS) is 17.2. The van der Waals surface area contributed by atoms with Gasteiger partial charge in [-0.15, -0.1) is 0 Å². The summed E-state index contributed by atoms with van der Waals surface area (Å²) in [4.78, 5) is 12.8. The number of rotatable bonds is 2. The van der Waals surface area contributed by atoms with Crippen molar-refractivity contribution in [2.45, 2.75) is 37.3 Å². The van der Waals surface area contributed by atoms with Crippen LogP contribution in [0.3, 0.4) is 0 Å². The minimum atomic E-state index is -4.02. The van der Waals surface area contributed by atoms with E-state index >= 15 is 0 Å². The molecule has 2 aromatic rings. The highest BCUT2D eigenvalue weighted by molar-refractivity contribution is 7.89. The number of anilines is 1. The number of hydrogen-bond acceptors (Lipinski definition) is 6. The van der Waals surface area contributed by atoms with E-state index in [0.717, 1.165) is 5.56 Å². The second kappa shape index (κ2) is 8.08. The third kappa shape index (κ3) is 4.89. The van der Waals surface area contributed by atoms with Crippen LogP contribution < -0.4 is 14.8 Å². The van der Waals surface area contributed by atoms with Crippen LogP contribution >= 0.6 is 0 Å². The molecule has 0 saturated carbocycles. The summed E-state index contributed by atoms with van der Waals surface area (Å²) < 4.78 is 35.0. The van der Waals surface area contributed by atoms with Gasteiger partial charge in [-0.05, 0) is 38.5 Å². The van der Waals surface area contributed by atoms with E-state index in [2.05, 4.69) is 27.9 Å². The van der Waals surface area contributed by atoms with Crippen molar-refractivity contribution < 1.29 is 23.1 Å². The van der Waals surface area contributed by atoms with Crippen LogP contribution in [0.2, 0.25) is 0 Å². The van der Waals surface area contributed by atoms with Gasteiger partial charge in [-0.3, -0.25) is 4.79 Å². The maximum absolute atomic E-state index is 12.9. The molecule has 1 aliphatic rings. The van der Waals surface area contributed by atoms with Gasteiger partial charge in [0, 0.05) is 18.9 Å². The van der Waals surface area contributed by atoms with E-state index in [4.69, 9.17) is 4.74 Å². The molecule has 1 aromatic heterocycles. The molecule has 0 aliphatic carbocycles. The van der Waals surface area contributed by atoms with Crippen LogP contribution in [0.25, 0.3) is 0 Å². The van der Waals surface area contributed by atoms with Gasteiger partial charge >= 0.3 is 0 Å². The zero-order valence-corrected chi connectivity index (χ0v) is 18.3. The molecular weight excluding hydrogens is 420 g/mol. The lowest BCUT2D eigenvalue weighted by Gasteiger charge is -2.12. The van der Waals surface area contributed by atoms with E-state index in [9.17, 15) is 23.6 Å². The highest BCUT2D eigenvalue weighted by Gasteiger charge is 2.34. The van der Waals surface area contributed by atoms with Gasteiger partial charge in [0.15, 0.2) is 11.4 Å². The quantitative estimate of drug-likeness (QED) is 0.600. The number of fused-ring (bicyclic) bond motifs is 1. The van der Waals surface area contributed by atoms with Crippen LogP contribution in [0.15, 0.2) is 29.3 Å². The number of amides is 1. The first-order valence-electron chi connectivity index (χ1n) is 9.33. The molecule has 162 valence electrons. The van der Waals surface area contributed by atoms with Gasteiger partial charge in [-0.2, -0.15) is 9.98 Å². The lowest BCUT2D eigenvalue weighted by atomic mass is 10.1. The minimum absolute atomic E-state index is 0.00977. The number of nitrogens with zero attached hydrogens (tertiary/aromatic N) is 2. The van der Waals surface area contributed by atoms with Crippen molar-refractivity contribution in [3.05, 3.63) is 41.2 Å². The summed E-state index contributed by atoms with van der Waals surface area (Å²) in [5, 5.41) is 21.6. The Morgan fingerprint density at radius 1 is 1.42 bits per heavy atom. The number of benzene rings is 1. The van der Waals surface area contributed by atoms with Crippen molar-refractivity contribution in [1.82, 2.24) is 9.29 Å². The second-order valence-electron chi connectivity index (χ2n) is 7.69. The van der Waals surface area contributed by atoms with Crippen LogP contribution in [0.5, 0.6) is 5.75 Å². The molecule has 2 heterocycles. The number of nitrogens with one attached hydrogen (secondary N) is 2. The summed E-state index contributed by atoms with van der Waals surface area (Å²) in [6, 6.07) is 6.04. The first-order chi connectivity index (χ1) is 14.4. The van der Waals surface area contributed by atoms with Gasteiger partial charge in [-0.25, -0.2) is 8.42 Å². The highest BCUT2D eigenvalue weighted by atomic mass is 32.2. The van der Waals surface area contributed by atoms with Crippen LogP contribution in [0.1, 0.15) is 35.5 Å². The van der Waals surface area contributed by atoms with E-state index in [-0.39, 0.29) is 22.9 Å². The summed E-state index contributed by atoms with van der Waals surface area (Å²) in [5.41, 5.74) is 0.293. The number of aromatic nitrogens is 1. The number of hydrogen-bond donors (Lipinski definition) is 3. The Bertz CT molecular complexity index is 1250. The average Bonchev–Trinajstić information content (AvgIpc) is 2.96. The van der Waals surface area contributed by atoms with E-state index in [1.807, 2.05) is 0 Å². The number of aliphatic hydroxyl groups is 1.